The van der Waals surface area contributed by atoms with E-state index in [1.807, 2.05) is 0 Å². The average Bonchev–Trinajstić information content (AvgIpc) is 2.60. The third kappa shape index (κ3) is 2.78. The van der Waals surface area contributed by atoms with Gasteiger partial charge in [-0.15, -0.1) is 12.6 Å². The summed E-state index contributed by atoms with van der Waals surface area (Å²) in [6.45, 7) is 5.02. The van der Waals surface area contributed by atoms with E-state index in [2.05, 4.69) is 10.2 Å². The summed E-state index contributed by atoms with van der Waals surface area (Å²) >= 11 is 0. The first-order valence-corrected chi connectivity index (χ1v) is 4.84. The molecule has 0 aliphatic carbocycles. The van der Waals surface area contributed by atoms with Crippen LogP contribution in [0.15, 0.2) is 0 Å². The van der Waals surface area contributed by atoms with E-state index in [4.69, 9.17) is 0 Å². The Bertz CT molecular complexity index is 104. The second-order valence-corrected chi connectivity index (χ2v) is 3.71. The molecule has 3 heteroatoms. The zero-order valence-corrected chi connectivity index (χ0v) is 8.13. The van der Waals surface area contributed by atoms with Crippen LogP contribution in [0.4, 0.5) is 0 Å². The molecule has 12 heavy (non-hydrogen) atoms. The fraction of sp³-hybridized carbons (Fsp3) is 1.00. The monoisotopic (exact) mass is 160 g/mol. The molecule has 0 saturated carbocycles. The maximum absolute atomic E-state index is 4.56. The summed E-state index contributed by atoms with van der Waals surface area (Å²) in [5, 5.41) is 4.56. The van der Waals surface area contributed by atoms with Gasteiger partial charge in [-0.05, 0) is 32.5 Å². The van der Waals surface area contributed by atoms with E-state index in [-0.39, 0.29) is 18.9 Å². The van der Waals surface area contributed by atoms with Crippen molar-refractivity contribution in [1.82, 2.24) is 4.90 Å². The smallest absolute Gasteiger partial charge is 0.658 e. The Balaban J connectivity index is 0.000000720. The van der Waals surface area contributed by atoms with Gasteiger partial charge < -0.3 is 10.2 Å². The molecule has 2 nitrogen and oxygen atoms in total. The summed E-state index contributed by atoms with van der Waals surface area (Å²) in [5.74, 6) is 0. The largest absolute Gasteiger partial charge is 1.00 e. The van der Waals surface area contributed by atoms with Gasteiger partial charge in [0, 0.05) is 0 Å². The molecule has 0 N–H and O–H groups in total. The molecular weight excluding hydrogens is 143 g/mol. The van der Waals surface area contributed by atoms with E-state index in [9.17, 15) is 0 Å². The zero-order chi connectivity index (χ0) is 7.52. The fourth-order valence-electron chi connectivity index (χ4n) is 2.10. The molecular formula is C9H17LiN2. The van der Waals surface area contributed by atoms with Gasteiger partial charge in [0.15, 0.2) is 0 Å². The second kappa shape index (κ2) is 5.29. The van der Waals surface area contributed by atoms with E-state index in [1.165, 1.54) is 45.3 Å². The summed E-state index contributed by atoms with van der Waals surface area (Å²) in [6.07, 6.45) is 5.49. The molecule has 0 aromatic carbocycles. The molecule has 0 radical (unpaired) electrons. The summed E-state index contributed by atoms with van der Waals surface area (Å²) < 4.78 is 0. The average molecular weight is 160 g/mol. The van der Waals surface area contributed by atoms with Crippen molar-refractivity contribution in [3.63, 3.8) is 0 Å². The maximum atomic E-state index is 4.56. The molecule has 0 unspecified atom stereocenters. The van der Waals surface area contributed by atoms with Gasteiger partial charge in [-0.1, -0.05) is 12.8 Å². The van der Waals surface area contributed by atoms with Crippen molar-refractivity contribution in [2.24, 2.45) is 0 Å². The molecule has 2 rings (SSSR count). The van der Waals surface area contributed by atoms with Gasteiger partial charge in [-0.3, -0.25) is 0 Å². The minimum absolute atomic E-state index is 0. The molecule has 0 bridgehead atoms. The maximum Gasteiger partial charge on any atom is 1.00 e. The normalized spacial score (nSPS) is 30.5. The van der Waals surface area contributed by atoms with Crippen molar-refractivity contribution in [2.75, 3.05) is 26.2 Å². The molecule has 2 saturated heterocycles. The molecule has 0 amide bonds. The summed E-state index contributed by atoms with van der Waals surface area (Å²) in [4.78, 5) is 2.57. The van der Waals surface area contributed by atoms with Gasteiger partial charge in [0.2, 0.25) is 0 Å². The Labute approximate surface area is 87.3 Å². The Hall–Kier alpha value is 0.517. The van der Waals surface area contributed by atoms with Crippen LogP contribution in [-0.4, -0.2) is 37.1 Å². The van der Waals surface area contributed by atoms with Crippen LogP contribution < -0.4 is 18.9 Å². The molecule has 64 valence electrons. The van der Waals surface area contributed by atoms with Crippen molar-refractivity contribution in [3.05, 3.63) is 5.32 Å². The third-order valence-electron chi connectivity index (χ3n) is 2.75. The summed E-state index contributed by atoms with van der Waals surface area (Å²) in [5.41, 5.74) is 0. The predicted molar refractivity (Wildman–Crippen MR) is 46.9 cm³/mol. The number of hydrogen-bond acceptors (Lipinski definition) is 1. The molecule has 2 aliphatic rings. The van der Waals surface area contributed by atoms with Gasteiger partial charge in [0.1, 0.15) is 0 Å². The van der Waals surface area contributed by atoms with Crippen LogP contribution in [0.5, 0.6) is 0 Å². The first-order valence-electron chi connectivity index (χ1n) is 4.84. The van der Waals surface area contributed by atoms with Gasteiger partial charge >= 0.3 is 18.9 Å². The SMILES string of the molecule is C1C[N-][C@H](CN2CCCC2)C1.[Li+]. The topological polar surface area (TPSA) is 17.3 Å². The van der Waals surface area contributed by atoms with Crippen LogP contribution in [0.1, 0.15) is 25.7 Å². The van der Waals surface area contributed by atoms with E-state index in [0.717, 1.165) is 6.54 Å². The Morgan fingerprint density at radius 1 is 1.17 bits per heavy atom. The van der Waals surface area contributed by atoms with Crippen molar-refractivity contribution in [2.45, 2.75) is 31.7 Å². The molecule has 2 heterocycles. The van der Waals surface area contributed by atoms with Crippen molar-refractivity contribution in [3.8, 4) is 0 Å². The van der Waals surface area contributed by atoms with E-state index in [1.54, 1.807) is 0 Å². The van der Waals surface area contributed by atoms with Gasteiger partial charge in [-0.2, -0.15) is 0 Å². The summed E-state index contributed by atoms with van der Waals surface area (Å²) in [6, 6.07) is 0.688. The second-order valence-electron chi connectivity index (χ2n) is 3.71. The van der Waals surface area contributed by atoms with E-state index < -0.39 is 0 Å². The standard InChI is InChI=1S/C9H17N2.Li/c1-2-7-11(6-1)8-9-4-3-5-10-9;/h9H,1-8H2;/q-1;+1/t9-;/m0./s1. The Kier molecular flexibility index (Phi) is 4.67. The van der Waals surface area contributed by atoms with Crippen molar-refractivity contribution < 1.29 is 18.9 Å². The van der Waals surface area contributed by atoms with Crippen LogP contribution in [0.25, 0.3) is 5.32 Å². The summed E-state index contributed by atoms with van der Waals surface area (Å²) in [7, 11) is 0. The van der Waals surface area contributed by atoms with Crippen LogP contribution in [-0.2, 0) is 0 Å². The minimum Gasteiger partial charge on any atom is -0.658 e. The van der Waals surface area contributed by atoms with Gasteiger partial charge in [-0.25, -0.2) is 0 Å². The minimum atomic E-state index is 0. The third-order valence-corrected chi connectivity index (χ3v) is 2.75. The molecule has 1 atom stereocenters. The number of rotatable bonds is 2. The van der Waals surface area contributed by atoms with Crippen LogP contribution in [0, 0.1) is 0 Å². The van der Waals surface area contributed by atoms with Crippen molar-refractivity contribution in [1.29, 1.82) is 0 Å². The van der Waals surface area contributed by atoms with Crippen LogP contribution in [0.2, 0.25) is 0 Å². The van der Waals surface area contributed by atoms with Gasteiger partial charge in [0.25, 0.3) is 0 Å². The Morgan fingerprint density at radius 3 is 2.50 bits per heavy atom. The van der Waals surface area contributed by atoms with E-state index in [0.29, 0.717) is 6.04 Å². The number of nitrogens with zero attached hydrogens (tertiary/aromatic N) is 2. The zero-order valence-electron chi connectivity index (χ0n) is 8.13. The quantitative estimate of drug-likeness (QED) is 0.455. The molecule has 0 spiro atoms. The Morgan fingerprint density at radius 2 is 1.92 bits per heavy atom. The fourth-order valence-corrected chi connectivity index (χ4v) is 2.10. The molecule has 0 aromatic heterocycles. The number of likely N-dealkylation sites (tertiary alicyclic amines) is 1. The molecule has 2 fully saturated rings. The van der Waals surface area contributed by atoms with Crippen LogP contribution >= 0.6 is 0 Å². The first-order chi connectivity index (χ1) is 5.45. The molecule has 0 aromatic rings. The van der Waals surface area contributed by atoms with Crippen LogP contribution in [0.3, 0.4) is 0 Å². The van der Waals surface area contributed by atoms with Crippen molar-refractivity contribution >= 4 is 0 Å². The first kappa shape index (κ1) is 10.6. The predicted octanol–water partition coefficient (Wildman–Crippen LogP) is -1.38. The van der Waals surface area contributed by atoms with E-state index >= 15 is 0 Å². The van der Waals surface area contributed by atoms with Gasteiger partial charge in [0.05, 0.1) is 0 Å². The molecule has 2 aliphatic heterocycles. The number of hydrogen-bond donors (Lipinski definition) is 0.